The van der Waals surface area contributed by atoms with Crippen LogP contribution >= 0.6 is 15.9 Å². The number of nitrogens with one attached hydrogen (secondary N) is 1. The third-order valence-electron chi connectivity index (χ3n) is 3.10. The van der Waals surface area contributed by atoms with Crippen LogP contribution in [0.4, 0.5) is 0 Å². The van der Waals surface area contributed by atoms with Gasteiger partial charge in [0, 0.05) is 36.0 Å². The molecule has 1 fully saturated rings. The van der Waals surface area contributed by atoms with Crippen molar-refractivity contribution < 1.29 is 9.21 Å². The molecule has 3 rings (SSSR count). The average Bonchev–Trinajstić information content (AvgIpc) is 2.81. The SMILES string of the molecule is O=C(c1cc2ccc(Br)cc2o1)N1CCNCC1. The zero-order chi connectivity index (χ0) is 12.5. The summed E-state index contributed by atoms with van der Waals surface area (Å²) in [6, 6.07) is 7.57. The molecule has 4 nitrogen and oxygen atoms in total. The van der Waals surface area contributed by atoms with E-state index in [4.69, 9.17) is 4.42 Å². The van der Waals surface area contributed by atoms with Gasteiger partial charge in [0.2, 0.25) is 0 Å². The number of halogens is 1. The highest BCUT2D eigenvalue weighted by Gasteiger charge is 2.21. The normalized spacial score (nSPS) is 16.2. The number of furan rings is 1. The average molecular weight is 309 g/mol. The van der Waals surface area contributed by atoms with E-state index in [1.165, 1.54) is 0 Å². The van der Waals surface area contributed by atoms with Crippen molar-refractivity contribution in [3.63, 3.8) is 0 Å². The zero-order valence-corrected chi connectivity index (χ0v) is 11.4. The smallest absolute Gasteiger partial charge is 0.289 e. The summed E-state index contributed by atoms with van der Waals surface area (Å²) < 4.78 is 6.57. The second-order valence-electron chi connectivity index (χ2n) is 4.33. The highest BCUT2D eigenvalue weighted by atomic mass is 79.9. The molecule has 2 aromatic rings. The van der Waals surface area contributed by atoms with E-state index in [0.29, 0.717) is 5.76 Å². The van der Waals surface area contributed by atoms with Crippen molar-refractivity contribution in [1.82, 2.24) is 10.2 Å². The van der Waals surface area contributed by atoms with Crippen LogP contribution < -0.4 is 5.32 Å². The zero-order valence-electron chi connectivity index (χ0n) is 9.78. The molecule has 1 N–H and O–H groups in total. The van der Waals surface area contributed by atoms with Crippen molar-refractivity contribution in [3.05, 3.63) is 34.5 Å². The van der Waals surface area contributed by atoms with Crippen LogP contribution in [0.1, 0.15) is 10.6 Å². The van der Waals surface area contributed by atoms with E-state index in [-0.39, 0.29) is 5.91 Å². The van der Waals surface area contributed by atoms with Gasteiger partial charge in [-0.1, -0.05) is 15.9 Å². The number of benzene rings is 1. The lowest BCUT2D eigenvalue weighted by atomic mass is 10.2. The molecule has 0 aliphatic carbocycles. The number of carbonyl (C=O) groups excluding carboxylic acids is 1. The molecule has 94 valence electrons. The maximum atomic E-state index is 12.2. The second-order valence-corrected chi connectivity index (χ2v) is 5.25. The lowest BCUT2D eigenvalue weighted by Crippen LogP contribution is -2.46. The first-order valence-corrected chi connectivity index (χ1v) is 6.72. The van der Waals surface area contributed by atoms with Crippen LogP contribution in [0.5, 0.6) is 0 Å². The Balaban J connectivity index is 1.91. The highest BCUT2D eigenvalue weighted by Crippen LogP contribution is 2.24. The molecule has 0 spiro atoms. The fraction of sp³-hybridized carbons (Fsp3) is 0.308. The van der Waals surface area contributed by atoms with Crippen molar-refractivity contribution in [2.75, 3.05) is 26.2 Å². The summed E-state index contributed by atoms with van der Waals surface area (Å²) in [7, 11) is 0. The molecule has 0 atom stereocenters. The number of hydrogen-bond acceptors (Lipinski definition) is 3. The Kier molecular flexibility index (Phi) is 3.09. The van der Waals surface area contributed by atoms with Crippen molar-refractivity contribution >= 4 is 32.8 Å². The second kappa shape index (κ2) is 4.74. The Morgan fingerprint density at radius 2 is 2.06 bits per heavy atom. The Bertz CT molecular complexity index is 588. The molecule has 2 heterocycles. The minimum Gasteiger partial charge on any atom is -0.451 e. The number of rotatable bonds is 1. The lowest BCUT2D eigenvalue weighted by Gasteiger charge is -2.26. The Hall–Kier alpha value is -1.33. The van der Waals surface area contributed by atoms with Crippen LogP contribution in [-0.4, -0.2) is 37.0 Å². The van der Waals surface area contributed by atoms with Crippen molar-refractivity contribution in [2.24, 2.45) is 0 Å². The molecule has 1 amide bonds. The van der Waals surface area contributed by atoms with Crippen LogP contribution in [0.25, 0.3) is 11.0 Å². The molecule has 0 unspecified atom stereocenters. The molecule has 1 aliphatic rings. The van der Waals surface area contributed by atoms with E-state index < -0.39 is 0 Å². The molecule has 1 aliphatic heterocycles. The van der Waals surface area contributed by atoms with E-state index in [9.17, 15) is 4.79 Å². The van der Waals surface area contributed by atoms with Gasteiger partial charge in [-0.2, -0.15) is 0 Å². The van der Waals surface area contributed by atoms with E-state index in [1.807, 2.05) is 29.2 Å². The van der Waals surface area contributed by atoms with E-state index in [2.05, 4.69) is 21.2 Å². The summed E-state index contributed by atoms with van der Waals surface area (Å²) in [5.74, 6) is 0.397. The van der Waals surface area contributed by atoms with Crippen LogP contribution in [0.2, 0.25) is 0 Å². The van der Waals surface area contributed by atoms with Crippen LogP contribution in [0.15, 0.2) is 33.2 Å². The first-order valence-electron chi connectivity index (χ1n) is 5.93. The maximum absolute atomic E-state index is 12.2. The Morgan fingerprint density at radius 3 is 2.83 bits per heavy atom. The molecule has 18 heavy (non-hydrogen) atoms. The number of fused-ring (bicyclic) bond motifs is 1. The predicted molar refractivity (Wildman–Crippen MR) is 72.7 cm³/mol. The number of carbonyl (C=O) groups is 1. The minimum atomic E-state index is -0.0242. The third-order valence-corrected chi connectivity index (χ3v) is 3.59. The van der Waals surface area contributed by atoms with Crippen LogP contribution in [0, 0.1) is 0 Å². The summed E-state index contributed by atoms with van der Waals surface area (Å²) in [4.78, 5) is 14.1. The molecule has 1 aromatic carbocycles. The Labute approximate surface area is 113 Å². The number of piperazine rings is 1. The molecule has 1 saturated heterocycles. The largest absolute Gasteiger partial charge is 0.451 e. The first-order chi connectivity index (χ1) is 8.74. The quantitative estimate of drug-likeness (QED) is 0.879. The third kappa shape index (κ3) is 2.15. The van der Waals surface area contributed by atoms with Gasteiger partial charge < -0.3 is 14.6 Å². The number of nitrogens with zero attached hydrogens (tertiary/aromatic N) is 1. The fourth-order valence-electron chi connectivity index (χ4n) is 2.13. The van der Waals surface area contributed by atoms with Gasteiger partial charge in [0.05, 0.1) is 0 Å². The van der Waals surface area contributed by atoms with Crippen LogP contribution in [0.3, 0.4) is 0 Å². The van der Waals surface area contributed by atoms with Gasteiger partial charge in [-0.3, -0.25) is 4.79 Å². The summed E-state index contributed by atoms with van der Waals surface area (Å²) in [6.07, 6.45) is 0. The van der Waals surface area contributed by atoms with Crippen LogP contribution in [-0.2, 0) is 0 Å². The highest BCUT2D eigenvalue weighted by molar-refractivity contribution is 9.10. The van der Waals surface area contributed by atoms with Gasteiger partial charge in [-0.05, 0) is 24.3 Å². The molecule has 0 radical (unpaired) electrons. The summed E-state index contributed by atoms with van der Waals surface area (Å²) >= 11 is 3.39. The molecule has 0 saturated carbocycles. The molecular formula is C13H13BrN2O2. The first kappa shape index (κ1) is 11.7. The van der Waals surface area contributed by atoms with Crippen molar-refractivity contribution in [3.8, 4) is 0 Å². The monoisotopic (exact) mass is 308 g/mol. The van der Waals surface area contributed by atoms with E-state index >= 15 is 0 Å². The minimum absolute atomic E-state index is 0.0242. The van der Waals surface area contributed by atoms with Gasteiger partial charge in [0.25, 0.3) is 5.91 Å². The number of amides is 1. The van der Waals surface area contributed by atoms with E-state index in [0.717, 1.165) is 41.6 Å². The van der Waals surface area contributed by atoms with Gasteiger partial charge in [0.1, 0.15) is 5.58 Å². The summed E-state index contributed by atoms with van der Waals surface area (Å²) in [5, 5.41) is 4.18. The molecule has 5 heteroatoms. The predicted octanol–water partition coefficient (Wildman–Crippen LogP) is 2.24. The van der Waals surface area contributed by atoms with Gasteiger partial charge in [-0.15, -0.1) is 0 Å². The molecule has 0 bridgehead atoms. The van der Waals surface area contributed by atoms with Gasteiger partial charge in [-0.25, -0.2) is 0 Å². The fourth-order valence-corrected chi connectivity index (χ4v) is 2.47. The molecule has 1 aromatic heterocycles. The summed E-state index contributed by atoms with van der Waals surface area (Å²) in [6.45, 7) is 3.16. The lowest BCUT2D eigenvalue weighted by molar-refractivity contribution is 0.0706. The standard InChI is InChI=1S/C13H13BrN2O2/c14-10-2-1-9-7-12(18-11(9)8-10)13(17)16-5-3-15-4-6-16/h1-2,7-8,15H,3-6H2. The number of hydrogen-bond donors (Lipinski definition) is 1. The van der Waals surface area contributed by atoms with Crippen molar-refractivity contribution in [2.45, 2.75) is 0 Å². The van der Waals surface area contributed by atoms with E-state index in [1.54, 1.807) is 0 Å². The van der Waals surface area contributed by atoms with Gasteiger partial charge >= 0.3 is 0 Å². The molecular weight excluding hydrogens is 296 g/mol. The topological polar surface area (TPSA) is 45.5 Å². The maximum Gasteiger partial charge on any atom is 0.289 e. The van der Waals surface area contributed by atoms with Gasteiger partial charge in [0.15, 0.2) is 5.76 Å². The summed E-state index contributed by atoms with van der Waals surface area (Å²) in [5.41, 5.74) is 0.739. The van der Waals surface area contributed by atoms with Crippen molar-refractivity contribution in [1.29, 1.82) is 0 Å². The Morgan fingerprint density at radius 1 is 1.28 bits per heavy atom.